The largest absolute Gasteiger partial charge is 0.389 e. The third kappa shape index (κ3) is 5.22. The number of halogens is 1. The van der Waals surface area contributed by atoms with Crippen molar-refractivity contribution in [1.29, 1.82) is 0 Å². The number of piperazine rings is 1. The van der Waals surface area contributed by atoms with Gasteiger partial charge in [0.25, 0.3) is 0 Å². The summed E-state index contributed by atoms with van der Waals surface area (Å²) in [4.78, 5) is 4.55. The van der Waals surface area contributed by atoms with E-state index in [9.17, 15) is 5.11 Å². The second-order valence-corrected chi connectivity index (χ2v) is 5.58. The zero-order valence-electron chi connectivity index (χ0n) is 12.0. The van der Waals surface area contributed by atoms with E-state index in [0.29, 0.717) is 13.2 Å². The number of hydrogen-bond donors (Lipinski definition) is 1. The molecule has 0 aliphatic carbocycles. The highest BCUT2D eigenvalue weighted by molar-refractivity contribution is 6.30. The van der Waals surface area contributed by atoms with Crippen LogP contribution in [0.15, 0.2) is 24.3 Å². The fraction of sp³-hybridized carbons (Fsp3) is 0.500. The summed E-state index contributed by atoms with van der Waals surface area (Å²) in [5.41, 5.74) is 1.15. The van der Waals surface area contributed by atoms with Gasteiger partial charge in [0.15, 0.2) is 0 Å². The molecular weight excluding hydrogens is 288 g/mol. The number of anilines is 1. The predicted octanol–water partition coefficient (Wildman–Crippen LogP) is 1.47. The quantitative estimate of drug-likeness (QED) is 0.638. The Hall–Kier alpha value is -1.25. The van der Waals surface area contributed by atoms with E-state index in [2.05, 4.69) is 21.8 Å². The number of nitrogens with zero attached hydrogens (tertiary/aromatic N) is 2. The average Bonchev–Trinajstić information content (AvgIpc) is 2.48. The van der Waals surface area contributed by atoms with E-state index in [1.807, 2.05) is 18.2 Å². The summed E-state index contributed by atoms with van der Waals surface area (Å²) in [6.07, 6.45) is 4.61. The molecule has 0 radical (unpaired) electrons. The van der Waals surface area contributed by atoms with E-state index < -0.39 is 6.10 Å². The van der Waals surface area contributed by atoms with Gasteiger partial charge in [-0.15, -0.1) is 6.42 Å². The number of aliphatic hydroxyl groups is 1. The Balaban J connectivity index is 1.74. The molecule has 1 aromatic rings. The maximum absolute atomic E-state index is 9.88. The number of ether oxygens (including phenoxy) is 1. The topological polar surface area (TPSA) is 35.9 Å². The third-order valence-corrected chi connectivity index (χ3v) is 3.75. The fourth-order valence-electron chi connectivity index (χ4n) is 2.47. The van der Waals surface area contributed by atoms with Crippen LogP contribution in [0.3, 0.4) is 0 Å². The van der Waals surface area contributed by atoms with Gasteiger partial charge in [0.2, 0.25) is 0 Å². The summed E-state index contributed by atoms with van der Waals surface area (Å²) in [6.45, 7) is 4.85. The Labute approximate surface area is 131 Å². The van der Waals surface area contributed by atoms with Crippen molar-refractivity contribution in [1.82, 2.24) is 4.90 Å². The van der Waals surface area contributed by atoms with Crippen molar-refractivity contribution in [2.75, 3.05) is 50.8 Å². The molecule has 1 unspecified atom stereocenters. The van der Waals surface area contributed by atoms with Gasteiger partial charge in [-0.05, 0) is 18.2 Å². The van der Waals surface area contributed by atoms with E-state index in [1.54, 1.807) is 0 Å². The van der Waals surface area contributed by atoms with Crippen LogP contribution in [0.2, 0.25) is 5.02 Å². The highest BCUT2D eigenvalue weighted by Crippen LogP contribution is 2.20. The van der Waals surface area contributed by atoms with Gasteiger partial charge in [0.1, 0.15) is 6.61 Å². The van der Waals surface area contributed by atoms with Crippen molar-refractivity contribution in [2.45, 2.75) is 6.10 Å². The first kappa shape index (κ1) is 16.1. The van der Waals surface area contributed by atoms with E-state index in [-0.39, 0.29) is 6.61 Å². The lowest BCUT2D eigenvalue weighted by molar-refractivity contribution is 0.0267. The average molecular weight is 309 g/mol. The summed E-state index contributed by atoms with van der Waals surface area (Å²) in [6, 6.07) is 7.91. The molecule has 114 valence electrons. The van der Waals surface area contributed by atoms with Crippen LogP contribution < -0.4 is 4.90 Å². The summed E-state index contributed by atoms with van der Waals surface area (Å²) in [7, 11) is 0. The highest BCUT2D eigenvalue weighted by atomic mass is 35.5. The zero-order chi connectivity index (χ0) is 15.1. The lowest BCUT2D eigenvalue weighted by Crippen LogP contribution is -2.49. The first-order valence-electron chi connectivity index (χ1n) is 7.11. The molecule has 0 bridgehead atoms. The molecule has 5 heteroatoms. The van der Waals surface area contributed by atoms with Gasteiger partial charge < -0.3 is 14.7 Å². The van der Waals surface area contributed by atoms with Crippen LogP contribution >= 0.6 is 11.6 Å². The molecule has 0 spiro atoms. The molecule has 21 heavy (non-hydrogen) atoms. The van der Waals surface area contributed by atoms with Gasteiger partial charge in [-0.25, -0.2) is 0 Å². The minimum Gasteiger partial charge on any atom is -0.389 e. The maximum atomic E-state index is 9.88. The molecular formula is C16H21ClN2O2. The number of rotatable bonds is 6. The smallest absolute Gasteiger partial charge is 0.107 e. The number of aliphatic hydroxyl groups excluding tert-OH is 1. The van der Waals surface area contributed by atoms with Crippen molar-refractivity contribution in [3.8, 4) is 12.3 Å². The first-order valence-corrected chi connectivity index (χ1v) is 7.49. The van der Waals surface area contributed by atoms with Crippen molar-refractivity contribution in [2.24, 2.45) is 0 Å². The van der Waals surface area contributed by atoms with E-state index >= 15 is 0 Å². The number of terminal acetylenes is 1. The maximum Gasteiger partial charge on any atom is 0.107 e. The van der Waals surface area contributed by atoms with Gasteiger partial charge >= 0.3 is 0 Å². The standard InChI is InChI=1S/C16H21ClN2O2/c1-2-10-21-13-16(20)12-18-6-8-19(9-7-18)15-5-3-4-14(17)11-15/h1,3-5,11,16,20H,6-10,12-13H2. The molecule has 1 saturated heterocycles. The minimum atomic E-state index is -0.490. The Bertz CT molecular complexity index is 481. The number of benzene rings is 1. The minimum absolute atomic E-state index is 0.250. The summed E-state index contributed by atoms with van der Waals surface area (Å²) in [5, 5.41) is 10.6. The molecule has 1 fully saturated rings. The van der Waals surface area contributed by atoms with Crippen molar-refractivity contribution in [3.05, 3.63) is 29.3 Å². The van der Waals surface area contributed by atoms with Crippen LogP contribution in [0.1, 0.15) is 0 Å². The second-order valence-electron chi connectivity index (χ2n) is 5.14. The normalized spacial score (nSPS) is 17.5. The Kier molecular flexibility index (Phi) is 6.34. The van der Waals surface area contributed by atoms with E-state index in [4.69, 9.17) is 22.8 Å². The molecule has 2 rings (SSSR count). The highest BCUT2D eigenvalue weighted by Gasteiger charge is 2.19. The molecule has 0 amide bonds. The van der Waals surface area contributed by atoms with Gasteiger partial charge in [-0.1, -0.05) is 23.6 Å². The molecule has 1 atom stereocenters. The van der Waals surface area contributed by atoms with Gasteiger partial charge in [-0.3, -0.25) is 4.90 Å². The summed E-state index contributed by atoms with van der Waals surface area (Å²) < 4.78 is 5.15. The Morgan fingerprint density at radius 1 is 1.33 bits per heavy atom. The van der Waals surface area contributed by atoms with Gasteiger partial charge in [0.05, 0.1) is 12.7 Å². The monoisotopic (exact) mass is 308 g/mol. The van der Waals surface area contributed by atoms with Crippen molar-refractivity contribution < 1.29 is 9.84 Å². The molecule has 4 nitrogen and oxygen atoms in total. The van der Waals surface area contributed by atoms with Gasteiger partial charge in [0, 0.05) is 43.4 Å². The molecule has 1 heterocycles. The SMILES string of the molecule is C#CCOCC(O)CN1CCN(c2cccc(Cl)c2)CC1. The summed E-state index contributed by atoms with van der Waals surface area (Å²) in [5.74, 6) is 2.39. The Morgan fingerprint density at radius 3 is 2.76 bits per heavy atom. The van der Waals surface area contributed by atoms with Crippen LogP contribution in [0.25, 0.3) is 0 Å². The van der Waals surface area contributed by atoms with Crippen LogP contribution in [0.4, 0.5) is 5.69 Å². The van der Waals surface area contributed by atoms with Crippen LogP contribution in [-0.2, 0) is 4.74 Å². The first-order chi connectivity index (χ1) is 10.2. The van der Waals surface area contributed by atoms with Crippen molar-refractivity contribution in [3.63, 3.8) is 0 Å². The van der Waals surface area contributed by atoms with Crippen LogP contribution in [0.5, 0.6) is 0 Å². The molecule has 1 N–H and O–H groups in total. The molecule has 0 saturated carbocycles. The summed E-state index contributed by atoms with van der Waals surface area (Å²) >= 11 is 6.02. The molecule has 1 aromatic carbocycles. The molecule has 0 aromatic heterocycles. The Morgan fingerprint density at radius 2 is 2.10 bits per heavy atom. The molecule has 1 aliphatic rings. The van der Waals surface area contributed by atoms with E-state index in [1.165, 1.54) is 0 Å². The molecule has 1 aliphatic heterocycles. The fourth-order valence-corrected chi connectivity index (χ4v) is 2.65. The van der Waals surface area contributed by atoms with Gasteiger partial charge in [-0.2, -0.15) is 0 Å². The lowest BCUT2D eigenvalue weighted by Gasteiger charge is -2.36. The third-order valence-electron chi connectivity index (χ3n) is 3.51. The number of β-amino-alcohol motifs (C(OH)–C–C–N with tert-alkyl or cyclic N) is 1. The lowest BCUT2D eigenvalue weighted by atomic mass is 10.2. The van der Waals surface area contributed by atoms with Crippen LogP contribution in [0, 0.1) is 12.3 Å². The zero-order valence-corrected chi connectivity index (χ0v) is 12.8. The second kappa shape index (κ2) is 8.26. The van der Waals surface area contributed by atoms with Crippen molar-refractivity contribution >= 4 is 17.3 Å². The van der Waals surface area contributed by atoms with E-state index in [0.717, 1.165) is 36.9 Å². The predicted molar refractivity (Wildman–Crippen MR) is 85.8 cm³/mol. The number of hydrogen-bond acceptors (Lipinski definition) is 4. The van der Waals surface area contributed by atoms with Crippen LogP contribution in [-0.4, -0.2) is 62.0 Å².